The third-order valence-electron chi connectivity index (χ3n) is 5.42. The monoisotopic (exact) mass is 323 g/mol. The summed E-state index contributed by atoms with van der Waals surface area (Å²) in [6.07, 6.45) is 5.42. The highest BCUT2D eigenvalue weighted by Crippen LogP contribution is 2.33. The number of likely N-dealkylation sites (tertiary alicyclic amines) is 2. The van der Waals surface area contributed by atoms with Gasteiger partial charge >= 0.3 is 12.0 Å². The van der Waals surface area contributed by atoms with Crippen molar-refractivity contribution in [3.05, 3.63) is 0 Å². The second-order valence-corrected chi connectivity index (χ2v) is 6.99. The van der Waals surface area contributed by atoms with Gasteiger partial charge in [0.15, 0.2) is 0 Å². The van der Waals surface area contributed by atoms with Crippen LogP contribution in [0.15, 0.2) is 0 Å². The first kappa shape index (κ1) is 16.1. The van der Waals surface area contributed by atoms with Crippen LogP contribution in [0.1, 0.15) is 44.9 Å². The number of hydrogen-bond acceptors (Lipinski definition) is 3. The van der Waals surface area contributed by atoms with Gasteiger partial charge in [0.1, 0.15) is 5.54 Å². The number of carbonyl (C=O) groups excluding carboxylic acids is 2. The first-order valence-electron chi connectivity index (χ1n) is 8.61. The van der Waals surface area contributed by atoms with Crippen LogP contribution in [0, 0.1) is 5.92 Å². The molecule has 3 fully saturated rings. The molecule has 1 atom stereocenters. The molecule has 3 rings (SSSR count). The molecule has 0 aromatic carbocycles. The number of nitrogens with zero attached hydrogens (tertiary/aromatic N) is 2. The fraction of sp³-hybridized carbons (Fsp3) is 0.812. The van der Waals surface area contributed by atoms with Gasteiger partial charge in [-0.2, -0.15) is 0 Å². The van der Waals surface area contributed by atoms with Crippen molar-refractivity contribution in [2.75, 3.05) is 26.2 Å². The second-order valence-electron chi connectivity index (χ2n) is 6.99. The van der Waals surface area contributed by atoms with Gasteiger partial charge in [0.05, 0.1) is 5.92 Å². The summed E-state index contributed by atoms with van der Waals surface area (Å²) >= 11 is 0. The first-order valence-corrected chi connectivity index (χ1v) is 8.61. The Balaban J connectivity index is 1.58. The second kappa shape index (κ2) is 6.37. The number of rotatable bonds is 3. The van der Waals surface area contributed by atoms with Gasteiger partial charge in [-0.05, 0) is 44.9 Å². The van der Waals surface area contributed by atoms with E-state index in [-0.39, 0.29) is 17.9 Å². The predicted molar refractivity (Wildman–Crippen MR) is 82.9 cm³/mol. The molecule has 0 aromatic heterocycles. The number of aliphatic carboxylic acids is 1. The molecule has 7 nitrogen and oxygen atoms in total. The van der Waals surface area contributed by atoms with E-state index in [0.717, 1.165) is 38.8 Å². The highest BCUT2D eigenvalue weighted by Gasteiger charge is 2.47. The molecular formula is C16H25N3O4. The average molecular weight is 323 g/mol. The third kappa shape index (κ3) is 3.14. The summed E-state index contributed by atoms with van der Waals surface area (Å²) in [5.41, 5.74) is -1.07. The van der Waals surface area contributed by atoms with E-state index in [9.17, 15) is 19.5 Å². The Hall–Kier alpha value is -1.79. The number of hydrogen-bond donors (Lipinski definition) is 2. The summed E-state index contributed by atoms with van der Waals surface area (Å²) in [5, 5.41) is 12.1. The predicted octanol–water partition coefficient (Wildman–Crippen LogP) is 1.04. The molecule has 3 amide bonds. The maximum absolute atomic E-state index is 12.5. The van der Waals surface area contributed by atoms with Crippen molar-refractivity contribution in [3.8, 4) is 0 Å². The summed E-state index contributed by atoms with van der Waals surface area (Å²) in [6, 6.07) is 0.0246. The molecule has 0 bridgehead atoms. The Labute approximate surface area is 136 Å². The summed E-state index contributed by atoms with van der Waals surface area (Å²) in [4.78, 5) is 39.9. The fourth-order valence-corrected chi connectivity index (χ4v) is 3.73. The zero-order valence-electron chi connectivity index (χ0n) is 13.4. The number of carbonyl (C=O) groups is 3. The van der Waals surface area contributed by atoms with Crippen LogP contribution in [0.2, 0.25) is 0 Å². The van der Waals surface area contributed by atoms with E-state index >= 15 is 0 Å². The van der Waals surface area contributed by atoms with Crippen molar-refractivity contribution in [1.29, 1.82) is 0 Å². The first-order chi connectivity index (χ1) is 11.0. The van der Waals surface area contributed by atoms with Crippen molar-refractivity contribution in [2.45, 2.75) is 50.5 Å². The Kier molecular flexibility index (Phi) is 4.46. The Morgan fingerprint density at radius 2 is 1.61 bits per heavy atom. The molecule has 2 N–H and O–H groups in total. The van der Waals surface area contributed by atoms with E-state index in [1.807, 2.05) is 4.90 Å². The van der Waals surface area contributed by atoms with Crippen LogP contribution in [0.3, 0.4) is 0 Å². The van der Waals surface area contributed by atoms with Crippen molar-refractivity contribution < 1.29 is 19.5 Å². The van der Waals surface area contributed by atoms with E-state index in [4.69, 9.17) is 0 Å². The normalized spacial score (nSPS) is 26.5. The van der Waals surface area contributed by atoms with E-state index in [1.54, 1.807) is 4.90 Å². The molecule has 0 spiro atoms. The molecule has 3 aliphatic rings. The smallest absolute Gasteiger partial charge is 0.329 e. The molecule has 1 unspecified atom stereocenters. The van der Waals surface area contributed by atoms with E-state index < -0.39 is 11.5 Å². The Bertz CT molecular complexity index is 498. The van der Waals surface area contributed by atoms with E-state index in [2.05, 4.69) is 5.32 Å². The van der Waals surface area contributed by atoms with Crippen LogP contribution >= 0.6 is 0 Å². The molecule has 1 saturated carbocycles. The lowest BCUT2D eigenvalue weighted by molar-refractivity contribution is -0.152. The summed E-state index contributed by atoms with van der Waals surface area (Å²) in [7, 11) is 0. The van der Waals surface area contributed by atoms with Crippen LogP contribution in [0.25, 0.3) is 0 Å². The lowest BCUT2D eigenvalue weighted by Crippen LogP contribution is -2.61. The number of amides is 3. The minimum atomic E-state index is -1.07. The van der Waals surface area contributed by atoms with Gasteiger partial charge in [0.25, 0.3) is 0 Å². The number of piperidine rings is 1. The van der Waals surface area contributed by atoms with Gasteiger partial charge in [-0.3, -0.25) is 4.79 Å². The third-order valence-corrected chi connectivity index (χ3v) is 5.42. The van der Waals surface area contributed by atoms with Gasteiger partial charge < -0.3 is 20.2 Å². The molecule has 23 heavy (non-hydrogen) atoms. The Morgan fingerprint density at radius 1 is 0.957 bits per heavy atom. The quantitative estimate of drug-likeness (QED) is 0.812. The molecule has 2 saturated heterocycles. The van der Waals surface area contributed by atoms with Crippen LogP contribution in [0.5, 0.6) is 0 Å². The topological polar surface area (TPSA) is 90.0 Å². The maximum Gasteiger partial charge on any atom is 0.329 e. The molecule has 2 heterocycles. The van der Waals surface area contributed by atoms with Gasteiger partial charge in [0, 0.05) is 26.2 Å². The average Bonchev–Trinajstić information content (AvgIpc) is 3.04. The van der Waals surface area contributed by atoms with Crippen LogP contribution in [-0.4, -0.2) is 64.5 Å². The molecule has 0 aromatic rings. The van der Waals surface area contributed by atoms with Gasteiger partial charge in [-0.1, -0.05) is 0 Å². The van der Waals surface area contributed by atoms with Crippen molar-refractivity contribution >= 4 is 17.9 Å². The van der Waals surface area contributed by atoms with Crippen LogP contribution < -0.4 is 5.32 Å². The standard InChI is InChI=1S/C16H25N3O4/c20-13(17-16(14(21)22)6-4-7-16)12-5-3-10-19(11-12)15(23)18-8-1-2-9-18/h12H,1-11H2,(H,17,20)(H,21,22). The van der Waals surface area contributed by atoms with Crippen LogP contribution in [0.4, 0.5) is 4.79 Å². The van der Waals surface area contributed by atoms with Crippen LogP contribution in [-0.2, 0) is 9.59 Å². The highest BCUT2D eigenvalue weighted by atomic mass is 16.4. The number of urea groups is 1. The molecule has 0 radical (unpaired) electrons. The summed E-state index contributed by atoms with van der Waals surface area (Å²) in [6.45, 7) is 2.68. The SMILES string of the molecule is O=C(NC1(C(=O)O)CCC1)C1CCCN(C(=O)N2CCCC2)C1. The minimum absolute atomic E-state index is 0.0246. The van der Waals surface area contributed by atoms with Crippen molar-refractivity contribution in [3.63, 3.8) is 0 Å². The molecule has 2 aliphatic heterocycles. The minimum Gasteiger partial charge on any atom is -0.480 e. The van der Waals surface area contributed by atoms with Crippen molar-refractivity contribution in [2.24, 2.45) is 5.92 Å². The zero-order valence-corrected chi connectivity index (χ0v) is 13.4. The number of carboxylic acid groups (broad SMARTS) is 1. The number of nitrogens with one attached hydrogen (secondary N) is 1. The molecule has 7 heteroatoms. The molecule has 128 valence electrons. The summed E-state index contributed by atoms with van der Waals surface area (Å²) < 4.78 is 0. The van der Waals surface area contributed by atoms with E-state index in [1.165, 1.54) is 0 Å². The van der Waals surface area contributed by atoms with Crippen molar-refractivity contribution in [1.82, 2.24) is 15.1 Å². The van der Waals surface area contributed by atoms with Gasteiger partial charge in [0.2, 0.25) is 5.91 Å². The fourth-order valence-electron chi connectivity index (χ4n) is 3.73. The largest absolute Gasteiger partial charge is 0.480 e. The van der Waals surface area contributed by atoms with Gasteiger partial charge in [-0.25, -0.2) is 9.59 Å². The number of carboxylic acids is 1. The lowest BCUT2D eigenvalue weighted by atomic mass is 9.76. The van der Waals surface area contributed by atoms with E-state index in [0.29, 0.717) is 32.4 Å². The lowest BCUT2D eigenvalue weighted by Gasteiger charge is -2.40. The summed E-state index contributed by atoms with van der Waals surface area (Å²) in [5.74, 6) is -1.46. The molecular weight excluding hydrogens is 298 g/mol. The Morgan fingerprint density at radius 3 is 2.17 bits per heavy atom. The maximum atomic E-state index is 12.5. The van der Waals surface area contributed by atoms with Gasteiger partial charge in [-0.15, -0.1) is 0 Å². The molecule has 1 aliphatic carbocycles. The zero-order chi connectivity index (χ0) is 16.4. The highest BCUT2D eigenvalue weighted by molar-refractivity contribution is 5.89.